The third kappa shape index (κ3) is 63.2. The molecule has 0 aliphatic carbocycles. The molecule has 0 N–H and O–H groups in total. The first kappa shape index (κ1) is 74.3. The first-order valence-corrected chi connectivity index (χ1v) is 33.2. The number of ether oxygens (including phenoxy) is 3. The first-order valence-electron chi connectivity index (χ1n) is 33.2. The fourth-order valence-electron chi connectivity index (χ4n) is 9.36. The average Bonchev–Trinajstić information content (AvgIpc) is 3.44. The number of carbonyl (C=O) groups excluding carboxylic acids is 3. The van der Waals surface area contributed by atoms with Gasteiger partial charge in [0.25, 0.3) is 0 Å². The van der Waals surface area contributed by atoms with Crippen molar-refractivity contribution in [3.05, 3.63) is 97.2 Å². The van der Waals surface area contributed by atoms with E-state index in [1.165, 1.54) is 173 Å². The minimum absolute atomic E-state index is 0.0898. The molecule has 0 bridgehead atoms. The minimum atomic E-state index is -0.798. The summed E-state index contributed by atoms with van der Waals surface area (Å²) in [5, 5.41) is 0. The van der Waals surface area contributed by atoms with Crippen molar-refractivity contribution in [3.63, 3.8) is 0 Å². The third-order valence-electron chi connectivity index (χ3n) is 14.3. The maximum atomic E-state index is 12.9. The zero-order chi connectivity index (χ0) is 56.4. The Hall–Kier alpha value is -3.67. The van der Waals surface area contributed by atoms with E-state index >= 15 is 0 Å². The molecule has 6 heteroatoms. The Bertz CT molecular complexity index is 1530. The SMILES string of the molecule is CC/C=C\C/C=C\C/C=C\C/C=C\C/C=C\CCCCCC(=O)OC(COC(=O)CCCCCCCCCCCC/C=C\C/C=C\C/C=C\CCCCCCC)COC(=O)CCCCCCCCCCCCCCCCCC. The van der Waals surface area contributed by atoms with Crippen molar-refractivity contribution in [1.82, 2.24) is 0 Å². The van der Waals surface area contributed by atoms with Crippen molar-refractivity contribution in [1.29, 1.82) is 0 Å². The predicted molar refractivity (Wildman–Crippen MR) is 339 cm³/mol. The highest BCUT2D eigenvalue weighted by atomic mass is 16.6. The fraction of sp³-hybridized carbons (Fsp3) is 0.736. The van der Waals surface area contributed by atoms with Crippen molar-refractivity contribution in [2.24, 2.45) is 0 Å². The lowest BCUT2D eigenvalue weighted by Crippen LogP contribution is -2.30. The average molecular weight is 1090 g/mol. The van der Waals surface area contributed by atoms with Crippen LogP contribution in [0.25, 0.3) is 0 Å². The van der Waals surface area contributed by atoms with Crippen LogP contribution in [0.5, 0.6) is 0 Å². The second-order valence-corrected chi connectivity index (χ2v) is 22.0. The van der Waals surface area contributed by atoms with Crippen LogP contribution in [-0.4, -0.2) is 37.2 Å². The molecule has 0 fully saturated rings. The Morgan fingerprint density at radius 2 is 0.500 bits per heavy atom. The lowest BCUT2D eigenvalue weighted by Gasteiger charge is -2.18. The quantitative estimate of drug-likeness (QED) is 0.0261. The number of unbranched alkanes of at least 4 members (excludes halogenated alkanes) is 33. The number of allylic oxidation sites excluding steroid dienone is 16. The Morgan fingerprint density at radius 3 is 0.795 bits per heavy atom. The van der Waals surface area contributed by atoms with Crippen LogP contribution in [0.3, 0.4) is 0 Å². The van der Waals surface area contributed by atoms with Crippen molar-refractivity contribution in [2.75, 3.05) is 13.2 Å². The molecule has 0 saturated carbocycles. The smallest absolute Gasteiger partial charge is 0.306 e. The van der Waals surface area contributed by atoms with Gasteiger partial charge in [-0.05, 0) is 103 Å². The highest BCUT2D eigenvalue weighted by Gasteiger charge is 2.19. The molecule has 0 aliphatic heterocycles. The summed E-state index contributed by atoms with van der Waals surface area (Å²) < 4.78 is 16.9. The molecule has 78 heavy (non-hydrogen) atoms. The van der Waals surface area contributed by atoms with Crippen LogP contribution in [0.1, 0.15) is 323 Å². The van der Waals surface area contributed by atoms with Crippen molar-refractivity contribution in [3.8, 4) is 0 Å². The summed E-state index contributed by atoms with van der Waals surface area (Å²) in [5.41, 5.74) is 0. The van der Waals surface area contributed by atoms with Gasteiger partial charge in [0.15, 0.2) is 6.10 Å². The number of esters is 3. The first-order chi connectivity index (χ1) is 38.5. The third-order valence-corrected chi connectivity index (χ3v) is 14.3. The van der Waals surface area contributed by atoms with Gasteiger partial charge in [-0.3, -0.25) is 14.4 Å². The highest BCUT2D eigenvalue weighted by molar-refractivity contribution is 5.71. The van der Waals surface area contributed by atoms with Crippen molar-refractivity contribution >= 4 is 17.9 Å². The Morgan fingerprint density at radius 1 is 0.269 bits per heavy atom. The molecule has 0 spiro atoms. The van der Waals surface area contributed by atoms with Gasteiger partial charge in [-0.1, -0.05) is 298 Å². The molecule has 6 nitrogen and oxygen atoms in total. The Labute approximate surface area is 483 Å². The zero-order valence-electron chi connectivity index (χ0n) is 51.4. The van der Waals surface area contributed by atoms with Gasteiger partial charge in [0.05, 0.1) is 0 Å². The van der Waals surface area contributed by atoms with Crippen LogP contribution in [0, 0.1) is 0 Å². The second-order valence-electron chi connectivity index (χ2n) is 22.0. The van der Waals surface area contributed by atoms with Gasteiger partial charge in [-0.15, -0.1) is 0 Å². The molecule has 0 aliphatic rings. The number of rotatable bonds is 60. The molecule has 0 rings (SSSR count). The number of hydrogen-bond acceptors (Lipinski definition) is 6. The van der Waals surface area contributed by atoms with Crippen LogP contribution in [0.2, 0.25) is 0 Å². The standard InChI is InChI=1S/C72H124O6/c1-4-7-10-13-16-19-22-25-28-31-33-34-35-36-37-38-40-41-44-47-50-53-56-59-62-65-71(74)77-68-69(67-76-70(73)64-61-58-55-52-49-46-43-30-27-24-21-18-15-12-9-6-3)78-72(75)66-63-60-57-54-51-48-45-42-39-32-29-26-23-20-17-14-11-8-5-2/h8,11,17,20,22,25-26,29,31,33,35-36,39,42,48,51,69H,4-7,9-10,12-16,18-19,21,23-24,27-28,30,32,34,37-38,40-41,43-47,49-50,52-68H2,1-3H3/b11-8-,20-17-,25-22-,29-26-,33-31-,36-35-,42-39-,51-48-. The molecular formula is C72H124O6. The highest BCUT2D eigenvalue weighted by Crippen LogP contribution is 2.17. The Kier molecular flexibility index (Phi) is 62.7. The molecule has 0 aromatic rings. The van der Waals surface area contributed by atoms with E-state index in [2.05, 4.69) is 118 Å². The number of carbonyl (C=O) groups is 3. The summed E-state index contributed by atoms with van der Waals surface area (Å²) in [6, 6.07) is 0. The predicted octanol–water partition coefficient (Wildman–Crippen LogP) is 22.8. The van der Waals surface area contributed by atoms with Gasteiger partial charge in [-0.2, -0.15) is 0 Å². The van der Waals surface area contributed by atoms with Gasteiger partial charge in [-0.25, -0.2) is 0 Å². The fourth-order valence-corrected chi connectivity index (χ4v) is 9.36. The van der Waals surface area contributed by atoms with Crippen molar-refractivity contribution in [2.45, 2.75) is 329 Å². The lowest BCUT2D eigenvalue weighted by molar-refractivity contribution is -0.167. The molecule has 0 aromatic heterocycles. The van der Waals surface area contributed by atoms with Crippen LogP contribution in [-0.2, 0) is 28.6 Å². The molecule has 448 valence electrons. The van der Waals surface area contributed by atoms with Crippen molar-refractivity contribution < 1.29 is 28.6 Å². The molecule has 0 aromatic carbocycles. The molecule has 0 amide bonds. The molecule has 1 atom stereocenters. The summed E-state index contributed by atoms with van der Waals surface area (Å²) in [5.74, 6) is -0.913. The Balaban J connectivity index is 4.40. The van der Waals surface area contributed by atoms with Crippen LogP contribution < -0.4 is 0 Å². The maximum Gasteiger partial charge on any atom is 0.306 e. The summed E-state index contributed by atoms with van der Waals surface area (Å²) in [6.07, 6.45) is 88.4. The van der Waals surface area contributed by atoms with Gasteiger partial charge in [0, 0.05) is 19.3 Å². The zero-order valence-corrected chi connectivity index (χ0v) is 51.4. The summed E-state index contributed by atoms with van der Waals surface area (Å²) >= 11 is 0. The van der Waals surface area contributed by atoms with Gasteiger partial charge >= 0.3 is 17.9 Å². The molecule has 0 saturated heterocycles. The van der Waals surface area contributed by atoms with E-state index in [9.17, 15) is 14.4 Å². The van der Waals surface area contributed by atoms with Crippen LogP contribution in [0.4, 0.5) is 0 Å². The van der Waals surface area contributed by atoms with E-state index < -0.39 is 6.10 Å². The topological polar surface area (TPSA) is 78.9 Å². The second kappa shape index (κ2) is 65.8. The maximum absolute atomic E-state index is 12.9. The lowest BCUT2D eigenvalue weighted by atomic mass is 10.0. The van der Waals surface area contributed by atoms with E-state index in [-0.39, 0.29) is 37.5 Å². The van der Waals surface area contributed by atoms with Crippen LogP contribution in [0.15, 0.2) is 97.2 Å². The number of hydrogen-bond donors (Lipinski definition) is 0. The monoisotopic (exact) mass is 1080 g/mol. The van der Waals surface area contributed by atoms with Gasteiger partial charge in [0.1, 0.15) is 13.2 Å². The largest absolute Gasteiger partial charge is 0.462 e. The molecule has 0 heterocycles. The summed E-state index contributed by atoms with van der Waals surface area (Å²) in [6.45, 7) is 6.52. The summed E-state index contributed by atoms with van der Waals surface area (Å²) in [4.78, 5) is 38.4. The van der Waals surface area contributed by atoms with E-state index in [4.69, 9.17) is 14.2 Å². The van der Waals surface area contributed by atoms with E-state index in [1.807, 2.05) is 0 Å². The van der Waals surface area contributed by atoms with Gasteiger partial charge < -0.3 is 14.2 Å². The van der Waals surface area contributed by atoms with E-state index in [1.54, 1.807) is 0 Å². The van der Waals surface area contributed by atoms with E-state index in [0.717, 1.165) is 109 Å². The van der Waals surface area contributed by atoms with Gasteiger partial charge in [0.2, 0.25) is 0 Å². The molecule has 1 unspecified atom stereocenters. The normalized spacial score (nSPS) is 12.7. The van der Waals surface area contributed by atoms with E-state index in [0.29, 0.717) is 12.8 Å². The summed E-state index contributed by atoms with van der Waals surface area (Å²) in [7, 11) is 0. The minimum Gasteiger partial charge on any atom is -0.462 e. The van der Waals surface area contributed by atoms with Crippen LogP contribution >= 0.6 is 0 Å². The molecular weight excluding hydrogens is 961 g/mol. The molecule has 0 radical (unpaired) electrons.